The van der Waals surface area contributed by atoms with Crippen LogP contribution in [0.2, 0.25) is 0 Å². The summed E-state index contributed by atoms with van der Waals surface area (Å²) in [7, 11) is 1.62. The Kier molecular flexibility index (Phi) is 8.37. The van der Waals surface area contributed by atoms with E-state index >= 15 is 0 Å². The van der Waals surface area contributed by atoms with Crippen LogP contribution < -0.4 is 10.1 Å². The first-order chi connectivity index (χ1) is 15.6. The van der Waals surface area contributed by atoms with E-state index in [0.717, 1.165) is 22.4 Å². The molecule has 32 heavy (non-hydrogen) atoms. The molecule has 1 N–H and O–H groups in total. The summed E-state index contributed by atoms with van der Waals surface area (Å²) in [5.41, 5.74) is 2.65. The molecule has 166 valence electrons. The maximum Gasteiger partial charge on any atom is 0.247 e. The molecule has 3 aromatic rings. The summed E-state index contributed by atoms with van der Waals surface area (Å²) in [4.78, 5) is 32.3. The van der Waals surface area contributed by atoms with Gasteiger partial charge in [-0.2, -0.15) is 0 Å². The van der Waals surface area contributed by atoms with Gasteiger partial charge in [0.05, 0.1) is 7.11 Å². The largest absolute Gasteiger partial charge is 0.497 e. The van der Waals surface area contributed by atoms with Crippen molar-refractivity contribution in [3.8, 4) is 5.75 Å². The number of ether oxygens (including phenoxy) is 1. The number of amides is 2. The molecule has 0 unspecified atom stereocenters. The van der Waals surface area contributed by atoms with Gasteiger partial charge in [0.2, 0.25) is 11.8 Å². The number of rotatable bonds is 10. The number of nitrogens with one attached hydrogen (secondary N) is 1. The van der Waals surface area contributed by atoms with E-state index in [1.54, 1.807) is 24.4 Å². The zero-order chi connectivity index (χ0) is 22.8. The molecule has 1 atom stereocenters. The second-order valence-electron chi connectivity index (χ2n) is 7.51. The Morgan fingerprint density at radius 3 is 2.28 bits per heavy atom. The van der Waals surface area contributed by atoms with Gasteiger partial charge in [0.1, 0.15) is 11.8 Å². The Morgan fingerprint density at radius 1 is 0.969 bits per heavy atom. The lowest BCUT2D eigenvalue weighted by atomic mass is 10.0. The zero-order valence-corrected chi connectivity index (χ0v) is 18.5. The quantitative estimate of drug-likeness (QED) is 0.520. The molecule has 0 aliphatic carbocycles. The Labute approximate surface area is 189 Å². The number of aromatic nitrogens is 1. The van der Waals surface area contributed by atoms with Gasteiger partial charge in [-0.1, -0.05) is 49.4 Å². The number of benzene rings is 2. The number of hydrogen-bond acceptors (Lipinski definition) is 4. The Balaban J connectivity index is 1.90. The van der Waals surface area contributed by atoms with Crippen LogP contribution in [0.15, 0.2) is 79.1 Å². The van der Waals surface area contributed by atoms with E-state index in [1.807, 2.05) is 73.7 Å². The third-order valence-corrected chi connectivity index (χ3v) is 5.19. The number of hydrogen-bond donors (Lipinski definition) is 1. The molecule has 0 radical (unpaired) electrons. The van der Waals surface area contributed by atoms with E-state index in [9.17, 15) is 9.59 Å². The van der Waals surface area contributed by atoms with Gasteiger partial charge < -0.3 is 15.0 Å². The predicted octanol–water partition coefficient (Wildman–Crippen LogP) is 4.28. The SMILES string of the molecule is CCCC(=O)N(Cc1ccc(OC)cc1)[C@@H](C(=O)NCc1ccncc1)c1ccccc1. The first-order valence-electron chi connectivity index (χ1n) is 10.8. The number of carbonyl (C=O) groups excluding carboxylic acids is 2. The molecule has 1 heterocycles. The van der Waals surface area contributed by atoms with Crippen molar-refractivity contribution in [3.05, 3.63) is 95.8 Å². The van der Waals surface area contributed by atoms with E-state index in [0.29, 0.717) is 25.9 Å². The highest BCUT2D eigenvalue weighted by molar-refractivity contribution is 5.88. The number of carbonyl (C=O) groups is 2. The smallest absolute Gasteiger partial charge is 0.247 e. The minimum absolute atomic E-state index is 0.0590. The van der Waals surface area contributed by atoms with E-state index in [-0.39, 0.29) is 11.8 Å². The summed E-state index contributed by atoms with van der Waals surface area (Å²) in [5.74, 6) is 0.470. The Morgan fingerprint density at radius 2 is 1.66 bits per heavy atom. The van der Waals surface area contributed by atoms with Crippen LogP contribution >= 0.6 is 0 Å². The van der Waals surface area contributed by atoms with Crippen molar-refractivity contribution >= 4 is 11.8 Å². The molecule has 6 nitrogen and oxygen atoms in total. The fraction of sp³-hybridized carbons (Fsp3) is 0.269. The van der Waals surface area contributed by atoms with Gasteiger partial charge in [-0.3, -0.25) is 14.6 Å². The molecule has 0 aliphatic rings. The summed E-state index contributed by atoms with van der Waals surface area (Å²) in [6, 6.07) is 20.0. The van der Waals surface area contributed by atoms with Gasteiger partial charge in [0.15, 0.2) is 0 Å². The molecule has 2 amide bonds. The first kappa shape index (κ1) is 23.0. The lowest BCUT2D eigenvalue weighted by molar-refractivity contribution is -0.141. The summed E-state index contributed by atoms with van der Waals surface area (Å²) < 4.78 is 5.24. The van der Waals surface area contributed by atoms with E-state index in [4.69, 9.17) is 4.74 Å². The second-order valence-corrected chi connectivity index (χ2v) is 7.51. The molecule has 0 spiro atoms. The molecule has 0 bridgehead atoms. The van der Waals surface area contributed by atoms with Gasteiger partial charge in [-0.15, -0.1) is 0 Å². The maximum absolute atomic E-state index is 13.4. The molecular weight excluding hydrogens is 402 g/mol. The van der Waals surface area contributed by atoms with E-state index in [1.165, 1.54) is 0 Å². The monoisotopic (exact) mass is 431 g/mol. The van der Waals surface area contributed by atoms with Gasteiger partial charge >= 0.3 is 0 Å². The number of pyridine rings is 1. The summed E-state index contributed by atoms with van der Waals surface area (Å²) >= 11 is 0. The van der Waals surface area contributed by atoms with Crippen LogP contribution in [0, 0.1) is 0 Å². The maximum atomic E-state index is 13.4. The van der Waals surface area contributed by atoms with Crippen molar-refractivity contribution < 1.29 is 14.3 Å². The molecule has 2 aromatic carbocycles. The molecule has 0 fully saturated rings. The third kappa shape index (κ3) is 6.17. The van der Waals surface area contributed by atoms with Crippen LogP contribution in [-0.4, -0.2) is 28.8 Å². The van der Waals surface area contributed by atoms with Crippen LogP contribution in [0.5, 0.6) is 5.75 Å². The third-order valence-electron chi connectivity index (χ3n) is 5.19. The fourth-order valence-electron chi connectivity index (χ4n) is 3.50. The van der Waals surface area contributed by atoms with Crippen molar-refractivity contribution in [2.75, 3.05) is 7.11 Å². The first-order valence-corrected chi connectivity index (χ1v) is 10.8. The number of methoxy groups -OCH3 is 1. The zero-order valence-electron chi connectivity index (χ0n) is 18.5. The summed E-state index contributed by atoms with van der Waals surface area (Å²) in [6.45, 7) is 2.65. The highest BCUT2D eigenvalue weighted by Crippen LogP contribution is 2.25. The Hall–Kier alpha value is -3.67. The average Bonchev–Trinajstić information content (AvgIpc) is 2.84. The van der Waals surface area contributed by atoms with Gasteiger partial charge in [-0.05, 0) is 47.4 Å². The van der Waals surface area contributed by atoms with Crippen molar-refractivity contribution in [1.82, 2.24) is 15.2 Å². The molecule has 6 heteroatoms. The normalized spacial score (nSPS) is 11.4. The van der Waals surface area contributed by atoms with Crippen LogP contribution in [0.4, 0.5) is 0 Å². The van der Waals surface area contributed by atoms with Crippen molar-refractivity contribution in [3.63, 3.8) is 0 Å². The lowest BCUT2D eigenvalue weighted by Gasteiger charge is -2.31. The average molecular weight is 432 g/mol. The second kappa shape index (κ2) is 11.6. The minimum Gasteiger partial charge on any atom is -0.497 e. The van der Waals surface area contributed by atoms with Gasteiger partial charge in [0, 0.05) is 31.9 Å². The van der Waals surface area contributed by atoms with Crippen molar-refractivity contribution in [2.24, 2.45) is 0 Å². The molecule has 1 aromatic heterocycles. The van der Waals surface area contributed by atoms with Crippen molar-refractivity contribution in [2.45, 2.75) is 38.9 Å². The lowest BCUT2D eigenvalue weighted by Crippen LogP contribution is -2.43. The van der Waals surface area contributed by atoms with Crippen LogP contribution in [-0.2, 0) is 22.7 Å². The van der Waals surface area contributed by atoms with E-state index in [2.05, 4.69) is 10.3 Å². The predicted molar refractivity (Wildman–Crippen MR) is 124 cm³/mol. The highest BCUT2D eigenvalue weighted by atomic mass is 16.5. The van der Waals surface area contributed by atoms with Crippen LogP contribution in [0.1, 0.15) is 42.5 Å². The van der Waals surface area contributed by atoms with Crippen LogP contribution in [0.25, 0.3) is 0 Å². The summed E-state index contributed by atoms with van der Waals surface area (Å²) in [6.07, 6.45) is 4.46. The highest BCUT2D eigenvalue weighted by Gasteiger charge is 2.31. The summed E-state index contributed by atoms with van der Waals surface area (Å²) in [5, 5.41) is 3.00. The van der Waals surface area contributed by atoms with Gasteiger partial charge in [0.25, 0.3) is 0 Å². The fourth-order valence-corrected chi connectivity index (χ4v) is 3.50. The molecular formula is C26H29N3O3. The topological polar surface area (TPSA) is 71.5 Å². The molecule has 3 rings (SSSR count). The van der Waals surface area contributed by atoms with Crippen LogP contribution in [0.3, 0.4) is 0 Å². The van der Waals surface area contributed by atoms with E-state index < -0.39 is 6.04 Å². The standard InChI is InChI=1S/C26H29N3O3/c1-3-7-24(30)29(19-21-10-12-23(32-2)13-11-21)25(22-8-5-4-6-9-22)26(31)28-18-20-14-16-27-17-15-20/h4-6,8-17,25H,3,7,18-19H2,1-2H3,(H,28,31)/t25-/m1/s1. The van der Waals surface area contributed by atoms with Gasteiger partial charge in [-0.25, -0.2) is 0 Å². The molecule has 0 aliphatic heterocycles. The van der Waals surface area contributed by atoms with Crippen molar-refractivity contribution in [1.29, 1.82) is 0 Å². The minimum atomic E-state index is -0.737. The Bertz CT molecular complexity index is 992. The molecule has 0 saturated carbocycles. The number of nitrogens with zero attached hydrogens (tertiary/aromatic N) is 2. The molecule has 0 saturated heterocycles.